The number of nitrogens with one attached hydrogen (secondary N) is 1. The van der Waals surface area contributed by atoms with Crippen molar-refractivity contribution >= 4 is 59.5 Å². The summed E-state index contributed by atoms with van der Waals surface area (Å²) >= 11 is 0.896. The van der Waals surface area contributed by atoms with Crippen LogP contribution in [-0.4, -0.2) is 37.3 Å². The highest BCUT2D eigenvalue weighted by atomic mass is 32.2. The fourth-order valence-corrected chi connectivity index (χ4v) is 3.39. The van der Waals surface area contributed by atoms with E-state index in [1.807, 2.05) is 0 Å². The Morgan fingerprint density at radius 3 is 2.24 bits per heavy atom. The van der Waals surface area contributed by atoms with Gasteiger partial charge >= 0.3 is 12.1 Å². The number of thioether (sulfide) groups is 1. The van der Waals surface area contributed by atoms with Crippen LogP contribution in [-0.2, 0) is 4.79 Å². The van der Waals surface area contributed by atoms with Crippen LogP contribution in [0.2, 0.25) is 0 Å². The van der Waals surface area contributed by atoms with Crippen LogP contribution in [0, 0.1) is 32.0 Å². The van der Waals surface area contributed by atoms with Gasteiger partial charge in [-0.1, -0.05) is 0 Å². The second-order valence-electron chi connectivity index (χ2n) is 3.28. The Labute approximate surface area is 130 Å². The fraction of sp³-hybridized carbons (Fsp3) is 0.125. The number of carbonyl (C=O) groups is 3. The molecule has 1 saturated heterocycles. The van der Waals surface area contributed by atoms with Crippen molar-refractivity contribution in [3.63, 3.8) is 0 Å². The molecule has 5 amide bonds. The molecule has 0 aliphatic carbocycles. The van der Waals surface area contributed by atoms with E-state index in [1.165, 1.54) is 0 Å². The second kappa shape index (κ2) is 5.54. The Morgan fingerprint density at radius 2 is 1.67 bits per heavy atom. The zero-order valence-electron chi connectivity index (χ0n) is 9.63. The van der Waals surface area contributed by atoms with Crippen molar-refractivity contribution in [2.45, 2.75) is 4.87 Å². The highest BCUT2D eigenvalue weighted by Crippen LogP contribution is 2.39. The molecule has 2 aliphatic heterocycles. The topological polar surface area (TPSA) is 153 Å². The van der Waals surface area contributed by atoms with Crippen molar-refractivity contribution in [2.24, 2.45) is 4.99 Å². The lowest BCUT2D eigenvalue weighted by atomic mass is 10.2. The summed E-state index contributed by atoms with van der Waals surface area (Å²) in [5.41, 5.74) is 0. The number of nitrogens with zero attached hydrogens (tertiary/aromatic N) is 6. The molecule has 0 aromatic carbocycles. The molecule has 2 heterocycles. The zero-order valence-corrected chi connectivity index (χ0v) is 12.1. The molecule has 0 radical (unpaired) electrons. The van der Waals surface area contributed by atoms with Gasteiger partial charge in [-0.2, -0.15) is 25.1 Å². The number of nitriles is 3. The van der Waals surface area contributed by atoms with Gasteiger partial charge in [0.15, 0.2) is 16.6 Å². The number of hydrogen-bond acceptors (Lipinski definition) is 9. The van der Waals surface area contributed by atoms with Gasteiger partial charge in [-0.25, -0.2) is 13.9 Å². The smallest absolute Gasteiger partial charge is 0.306 e. The van der Waals surface area contributed by atoms with E-state index in [2.05, 4.69) is 10.3 Å². The molecule has 1 N–H and O–H groups in total. The minimum atomic E-state index is -1.95. The number of fused-ring (bicyclic) bond motifs is 1. The average Bonchev–Trinajstić information content (AvgIpc) is 2.78. The molecule has 0 saturated carbocycles. The highest BCUT2D eigenvalue weighted by Gasteiger charge is 2.62. The summed E-state index contributed by atoms with van der Waals surface area (Å²) in [5, 5.41) is 33.2. The lowest BCUT2D eigenvalue weighted by molar-refractivity contribution is -0.126. The SMILES string of the molecule is N#CSN1C(=O)N(SC#N)C2=NC(=O)NC2(SC#N)C1=O. The van der Waals surface area contributed by atoms with Crippen molar-refractivity contribution in [3.05, 3.63) is 0 Å². The van der Waals surface area contributed by atoms with Crippen LogP contribution < -0.4 is 5.32 Å². The standard InChI is InChI=1S/C8HN7O3S3/c9-1-19-8-4(12-6(17)13-8)14(20-2-10)7(18)15(5(8)16)21-3-11/h(H,13,17). The van der Waals surface area contributed by atoms with Crippen LogP contribution in [0.25, 0.3) is 0 Å². The van der Waals surface area contributed by atoms with E-state index in [0.717, 1.165) is 0 Å². The first-order valence-electron chi connectivity index (χ1n) is 4.81. The molecule has 2 aliphatic rings. The van der Waals surface area contributed by atoms with Gasteiger partial charge in [0, 0.05) is 11.8 Å². The first kappa shape index (κ1) is 15.0. The van der Waals surface area contributed by atoms with Gasteiger partial charge in [-0.15, -0.1) is 0 Å². The van der Waals surface area contributed by atoms with Gasteiger partial charge < -0.3 is 5.32 Å². The van der Waals surface area contributed by atoms with E-state index in [-0.39, 0.29) is 17.8 Å². The molecule has 1 fully saturated rings. The predicted octanol–water partition coefficient (Wildman–Crippen LogP) is 0.541. The molecule has 1 unspecified atom stereocenters. The molecular formula is C8HN7O3S3. The lowest BCUT2D eigenvalue weighted by Crippen LogP contribution is -2.67. The van der Waals surface area contributed by atoms with E-state index < -0.39 is 22.8 Å². The molecule has 10 nitrogen and oxygen atoms in total. The molecule has 0 bridgehead atoms. The Kier molecular flexibility index (Phi) is 3.95. The van der Waals surface area contributed by atoms with Crippen LogP contribution in [0.4, 0.5) is 9.59 Å². The van der Waals surface area contributed by atoms with E-state index in [9.17, 15) is 14.4 Å². The number of thiocyanates is 3. The summed E-state index contributed by atoms with van der Waals surface area (Å²) in [6.45, 7) is 0. The van der Waals surface area contributed by atoms with Gasteiger partial charge in [0.1, 0.15) is 5.40 Å². The molecular weight excluding hydrogens is 338 g/mol. The molecule has 104 valence electrons. The van der Waals surface area contributed by atoms with Gasteiger partial charge in [-0.05, 0) is 0 Å². The second-order valence-corrected chi connectivity index (χ2v) is 5.74. The Morgan fingerprint density at radius 1 is 1.05 bits per heavy atom. The summed E-state index contributed by atoms with van der Waals surface area (Å²) in [7, 11) is 0. The van der Waals surface area contributed by atoms with Gasteiger partial charge in [0.05, 0.1) is 23.9 Å². The molecule has 2 rings (SSSR count). The van der Waals surface area contributed by atoms with Crippen LogP contribution in [0.3, 0.4) is 0 Å². The normalized spacial score (nSPS) is 23.7. The molecule has 13 heteroatoms. The number of imide groups is 1. The third kappa shape index (κ3) is 2.15. The van der Waals surface area contributed by atoms with Crippen molar-refractivity contribution < 1.29 is 14.4 Å². The van der Waals surface area contributed by atoms with Gasteiger partial charge in [0.25, 0.3) is 5.91 Å². The monoisotopic (exact) mass is 339 g/mol. The van der Waals surface area contributed by atoms with Crippen LogP contribution in [0.15, 0.2) is 4.99 Å². The molecule has 0 aromatic rings. The van der Waals surface area contributed by atoms with Crippen molar-refractivity contribution in [1.82, 2.24) is 13.9 Å². The minimum absolute atomic E-state index is 0.219. The zero-order chi connectivity index (χ0) is 15.6. The number of amides is 5. The predicted molar refractivity (Wildman–Crippen MR) is 72.4 cm³/mol. The number of amidine groups is 1. The lowest BCUT2D eigenvalue weighted by Gasteiger charge is -2.38. The summed E-state index contributed by atoms with van der Waals surface area (Å²) in [6, 6.07) is -1.94. The Hall–Kier alpha value is -2.40. The number of hydrogen-bond donors (Lipinski definition) is 1. The van der Waals surface area contributed by atoms with E-state index in [1.54, 1.807) is 16.2 Å². The van der Waals surface area contributed by atoms with E-state index in [4.69, 9.17) is 15.8 Å². The summed E-state index contributed by atoms with van der Waals surface area (Å²) in [5.74, 6) is -1.36. The maximum Gasteiger partial charge on any atom is 0.354 e. The van der Waals surface area contributed by atoms with E-state index >= 15 is 0 Å². The first-order chi connectivity index (χ1) is 10.0. The molecule has 0 spiro atoms. The van der Waals surface area contributed by atoms with Gasteiger partial charge in [-0.3, -0.25) is 4.79 Å². The van der Waals surface area contributed by atoms with E-state index in [0.29, 0.717) is 32.3 Å². The summed E-state index contributed by atoms with van der Waals surface area (Å²) in [4.78, 5) is 37.4. The fourth-order valence-electron chi connectivity index (χ4n) is 1.58. The van der Waals surface area contributed by atoms with Crippen LogP contribution in [0.1, 0.15) is 0 Å². The van der Waals surface area contributed by atoms with Crippen LogP contribution >= 0.6 is 35.7 Å². The number of carbonyl (C=O) groups excluding carboxylic acids is 3. The maximum absolute atomic E-state index is 12.4. The van der Waals surface area contributed by atoms with Gasteiger partial charge in [0.2, 0.25) is 4.87 Å². The first-order valence-corrected chi connectivity index (χ1v) is 7.17. The van der Waals surface area contributed by atoms with Crippen molar-refractivity contribution in [2.75, 3.05) is 0 Å². The molecule has 21 heavy (non-hydrogen) atoms. The quantitative estimate of drug-likeness (QED) is 0.573. The summed E-state index contributed by atoms with van der Waals surface area (Å²) < 4.78 is 1.15. The molecule has 0 aromatic heterocycles. The maximum atomic E-state index is 12.4. The average molecular weight is 339 g/mol. The highest BCUT2D eigenvalue weighted by molar-refractivity contribution is 8.07. The van der Waals surface area contributed by atoms with Crippen LogP contribution in [0.5, 0.6) is 0 Å². The third-order valence-electron chi connectivity index (χ3n) is 2.29. The largest absolute Gasteiger partial charge is 0.354 e. The summed E-state index contributed by atoms with van der Waals surface area (Å²) in [6.07, 6.45) is 0. The molecule has 1 atom stereocenters. The third-order valence-corrected chi connectivity index (χ3v) is 4.33. The number of aliphatic imine (C=N–C) groups is 1. The Balaban J connectivity index is 2.59. The Bertz CT molecular complexity index is 701. The minimum Gasteiger partial charge on any atom is -0.306 e. The number of urea groups is 2. The van der Waals surface area contributed by atoms with Crippen molar-refractivity contribution in [3.8, 4) is 16.2 Å². The number of rotatable bonds is 3. The van der Waals surface area contributed by atoms with Crippen molar-refractivity contribution in [1.29, 1.82) is 15.8 Å².